The first-order valence-corrected chi connectivity index (χ1v) is 10.2. The molecule has 0 radical (unpaired) electrons. The van der Waals surface area contributed by atoms with Crippen LogP contribution in [-0.2, 0) is 11.2 Å². The highest BCUT2D eigenvalue weighted by Gasteiger charge is 2.24. The molecule has 3 aromatic rings. The number of aryl methyl sites for hydroxylation is 1. The Balaban J connectivity index is 1.70. The molecule has 0 N–H and O–H groups in total. The van der Waals surface area contributed by atoms with Crippen LogP contribution in [0.4, 0.5) is 5.69 Å². The molecule has 4 rings (SSSR count). The van der Waals surface area contributed by atoms with Crippen molar-refractivity contribution in [1.29, 1.82) is 5.26 Å². The van der Waals surface area contributed by atoms with Gasteiger partial charge in [0, 0.05) is 40.9 Å². The summed E-state index contributed by atoms with van der Waals surface area (Å²) in [4.78, 5) is 23.2. The number of hydrogen-bond acceptors (Lipinski definition) is 5. The Morgan fingerprint density at radius 1 is 1.18 bits per heavy atom. The number of carbonyl (C=O) groups excluding carboxylic acids is 1. The lowest BCUT2D eigenvalue weighted by atomic mass is 10.0. The highest BCUT2D eigenvalue weighted by atomic mass is 32.1. The molecule has 0 fully saturated rings. The minimum atomic E-state index is 0.141. The fourth-order valence-electron chi connectivity index (χ4n) is 3.59. The standard InChI is InChI=1S/C22H20N4OS/c1-14(2)26-20-7-6-15(10-16(20)4-3-5-21(26)27)19-13-28-22(25-19)17-8-9-24-18(11-17)12-23/h6-11,13-14H,3-5H2,1-2H3. The van der Waals surface area contributed by atoms with Gasteiger partial charge in [0.05, 0.1) is 5.69 Å². The molecule has 0 saturated carbocycles. The van der Waals surface area contributed by atoms with Crippen molar-refractivity contribution in [3.63, 3.8) is 0 Å². The lowest BCUT2D eigenvalue weighted by Crippen LogP contribution is -2.36. The predicted octanol–water partition coefficient (Wildman–Crippen LogP) is 4.82. The number of carbonyl (C=O) groups is 1. The molecule has 0 unspecified atom stereocenters. The van der Waals surface area contributed by atoms with Crippen LogP contribution in [0.2, 0.25) is 0 Å². The first kappa shape index (κ1) is 18.3. The molecule has 0 bridgehead atoms. The third-order valence-corrected chi connectivity index (χ3v) is 5.77. The van der Waals surface area contributed by atoms with Gasteiger partial charge in [0.2, 0.25) is 5.91 Å². The van der Waals surface area contributed by atoms with E-state index in [1.54, 1.807) is 23.6 Å². The van der Waals surface area contributed by atoms with E-state index in [1.807, 2.05) is 28.5 Å². The molecular formula is C22H20N4OS. The van der Waals surface area contributed by atoms with Gasteiger partial charge in [0.15, 0.2) is 0 Å². The number of fused-ring (bicyclic) bond motifs is 1. The van der Waals surface area contributed by atoms with Crippen molar-refractivity contribution in [3.8, 4) is 27.9 Å². The van der Waals surface area contributed by atoms with E-state index in [1.165, 1.54) is 5.56 Å². The number of pyridine rings is 1. The van der Waals surface area contributed by atoms with Crippen molar-refractivity contribution in [1.82, 2.24) is 9.97 Å². The lowest BCUT2D eigenvalue weighted by Gasteiger charge is -2.27. The van der Waals surface area contributed by atoms with Crippen molar-refractivity contribution in [2.24, 2.45) is 0 Å². The number of nitrogens with zero attached hydrogens (tertiary/aromatic N) is 4. The van der Waals surface area contributed by atoms with Crippen LogP contribution in [-0.4, -0.2) is 21.9 Å². The Labute approximate surface area is 168 Å². The number of amides is 1. The smallest absolute Gasteiger partial charge is 0.227 e. The van der Waals surface area contributed by atoms with Crippen molar-refractivity contribution < 1.29 is 4.79 Å². The number of nitriles is 1. The molecule has 0 spiro atoms. The highest BCUT2D eigenvalue weighted by Crippen LogP contribution is 2.34. The first-order valence-electron chi connectivity index (χ1n) is 9.34. The van der Waals surface area contributed by atoms with Crippen LogP contribution >= 0.6 is 11.3 Å². The number of rotatable bonds is 3. The largest absolute Gasteiger partial charge is 0.310 e. The molecular weight excluding hydrogens is 368 g/mol. The minimum absolute atomic E-state index is 0.141. The van der Waals surface area contributed by atoms with Crippen LogP contribution in [0.25, 0.3) is 21.8 Å². The van der Waals surface area contributed by atoms with Crippen LogP contribution in [0.3, 0.4) is 0 Å². The maximum Gasteiger partial charge on any atom is 0.227 e. The summed E-state index contributed by atoms with van der Waals surface area (Å²) >= 11 is 1.55. The van der Waals surface area contributed by atoms with Gasteiger partial charge in [0.1, 0.15) is 16.8 Å². The van der Waals surface area contributed by atoms with E-state index in [4.69, 9.17) is 10.2 Å². The minimum Gasteiger partial charge on any atom is -0.310 e. The topological polar surface area (TPSA) is 69.9 Å². The average Bonchev–Trinajstić information content (AvgIpc) is 3.12. The summed E-state index contributed by atoms with van der Waals surface area (Å²) in [5, 5.41) is 11.9. The maximum atomic E-state index is 12.5. The quantitative estimate of drug-likeness (QED) is 0.645. The van der Waals surface area contributed by atoms with Crippen molar-refractivity contribution >= 4 is 22.9 Å². The molecule has 0 atom stereocenters. The van der Waals surface area contributed by atoms with Crippen LogP contribution in [0, 0.1) is 11.3 Å². The fraction of sp³-hybridized carbons (Fsp3) is 0.273. The van der Waals surface area contributed by atoms with Gasteiger partial charge in [-0.3, -0.25) is 4.79 Å². The maximum absolute atomic E-state index is 12.5. The second-order valence-corrected chi connectivity index (χ2v) is 7.99. The van der Waals surface area contributed by atoms with Crippen molar-refractivity contribution in [2.75, 3.05) is 4.90 Å². The highest BCUT2D eigenvalue weighted by molar-refractivity contribution is 7.13. The summed E-state index contributed by atoms with van der Waals surface area (Å²) in [6.45, 7) is 4.11. The molecule has 6 heteroatoms. The van der Waals surface area contributed by atoms with E-state index in [2.05, 4.69) is 31.0 Å². The normalized spacial score (nSPS) is 13.9. The summed E-state index contributed by atoms with van der Waals surface area (Å²) in [6, 6.07) is 12.1. The monoisotopic (exact) mass is 388 g/mol. The molecule has 1 aliphatic heterocycles. The first-order chi connectivity index (χ1) is 13.6. The predicted molar refractivity (Wildman–Crippen MR) is 111 cm³/mol. The Kier molecular flexibility index (Phi) is 4.93. The fourth-order valence-corrected chi connectivity index (χ4v) is 4.42. The summed E-state index contributed by atoms with van der Waals surface area (Å²) in [6.07, 6.45) is 3.99. The Morgan fingerprint density at radius 2 is 2.04 bits per heavy atom. The van der Waals surface area contributed by atoms with E-state index in [0.717, 1.165) is 40.4 Å². The molecule has 3 heterocycles. The Hall–Kier alpha value is -3.04. The van der Waals surface area contributed by atoms with Gasteiger partial charge in [-0.2, -0.15) is 5.26 Å². The van der Waals surface area contributed by atoms with Gasteiger partial charge in [0.25, 0.3) is 0 Å². The molecule has 0 aliphatic carbocycles. The van der Waals surface area contributed by atoms with E-state index in [-0.39, 0.29) is 11.9 Å². The molecule has 5 nitrogen and oxygen atoms in total. The number of benzene rings is 1. The van der Waals surface area contributed by atoms with Gasteiger partial charge in [-0.05, 0) is 56.5 Å². The third-order valence-electron chi connectivity index (χ3n) is 4.88. The molecule has 1 aliphatic rings. The second kappa shape index (κ2) is 7.53. The van der Waals surface area contributed by atoms with Gasteiger partial charge < -0.3 is 4.90 Å². The Bertz CT molecular complexity index is 1080. The molecule has 28 heavy (non-hydrogen) atoms. The number of aromatic nitrogens is 2. The van der Waals surface area contributed by atoms with Gasteiger partial charge >= 0.3 is 0 Å². The zero-order chi connectivity index (χ0) is 19.7. The van der Waals surface area contributed by atoms with Crippen LogP contribution in [0.1, 0.15) is 37.9 Å². The van der Waals surface area contributed by atoms with E-state index in [9.17, 15) is 4.79 Å². The summed E-state index contributed by atoms with van der Waals surface area (Å²) in [7, 11) is 0. The van der Waals surface area contributed by atoms with E-state index < -0.39 is 0 Å². The Morgan fingerprint density at radius 3 is 2.82 bits per heavy atom. The molecule has 0 saturated heterocycles. The van der Waals surface area contributed by atoms with E-state index in [0.29, 0.717) is 12.1 Å². The van der Waals surface area contributed by atoms with Gasteiger partial charge in [-0.15, -0.1) is 11.3 Å². The van der Waals surface area contributed by atoms with Gasteiger partial charge in [-0.1, -0.05) is 6.07 Å². The van der Waals surface area contributed by atoms with Crippen LogP contribution in [0.15, 0.2) is 41.9 Å². The van der Waals surface area contributed by atoms with E-state index >= 15 is 0 Å². The lowest BCUT2D eigenvalue weighted by molar-refractivity contribution is -0.118. The number of hydrogen-bond donors (Lipinski definition) is 0. The van der Waals surface area contributed by atoms with Crippen molar-refractivity contribution in [2.45, 2.75) is 39.2 Å². The zero-order valence-electron chi connectivity index (χ0n) is 15.8. The second-order valence-electron chi connectivity index (χ2n) is 7.13. The van der Waals surface area contributed by atoms with Crippen LogP contribution in [0.5, 0.6) is 0 Å². The summed E-state index contributed by atoms with van der Waals surface area (Å²) in [5.74, 6) is 0.198. The SMILES string of the molecule is CC(C)N1C(=O)CCCc2cc(-c3csc(-c4ccnc(C#N)c4)n3)ccc21. The zero-order valence-corrected chi connectivity index (χ0v) is 16.7. The summed E-state index contributed by atoms with van der Waals surface area (Å²) < 4.78 is 0. The molecule has 1 aromatic carbocycles. The number of anilines is 1. The molecule has 140 valence electrons. The summed E-state index contributed by atoms with van der Waals surface area (Å²) in [5.41, 5.74) is 5.46. The molecule has 1 amide bonds. The number of thiazole rings is 1. The average molecular weight is 388 g/mol. The third kappa shape index (κ3) is 3.41. The van der Waals surface area contributed by atoms with Crippen molar-refractivity contribution in [3.05, 3.63) is 53.2 Å². The molecule has 2 aromatic heterocycles. The van der Waals surface area contributed by atoms with Crippen LogP contribution < -0.4 is 4.90 Å². The van der Waals surface area contributed by atoms with Gasteiger partial charge in [-0.25, -0.2) is 9.97 Å².